The number of hydrogen-bond acceptors (Lipinski definition) is 4. The fraction of sp³-hybridized carbons (Fsp3) is 0.844. The van der Waals surface area contributed by atoms with Gasteiger partial charge in [0.15, 0.2) is 16.6 Å². The minimum atomic E-state index is -1.97. The molecule has 0 aromatic rings. The molecule has 6 atom stereocenters. The summed E-state index contributed by atoms with van der Waals surface area (Å²) in [4.78, 5) is 11.9. The molecule has 3 fully saturated rings. The molecule has 1 unspecified atom stereocenters. The number of ether oxygens (including phenoxy) is 1. The molecule has 218 valence electrons. The summed E-state index contributed by atoms with van der Waals surface area (Å²) < 4.78 is 20.1. The molecule has 0 aromatic heterocycles. The lowest BCUT2D eigenvalue weighted by Gasteiger charge is -2.42. The summed E-state index contributed by atoms with van der Waals surface area (Å²) in [6, 6.07) is 0. The first-order chi connectivity index (χ1) is 17.3. The number of carbonyl (C=O) groups excluding carboxylic acids is 1. The van der Waals surface area contributed by atoms with Crippen molar-refractivity contribution in [1.29, 1.82) is 0 Å². The van der Waals surface area contributed by atoms with Crippen molar-refractivity contribution in [1.82, 2.24) is 0 Å². The summed E-state index contributed by atoms with van der Waals surface area (Å²) in [5.41, 5.74) is 1.07. The van der Waals surface area contributed by atoms with E-state index < -0.39 is 16.6 Å². The van der Waals surface area contributed by atoms with Crippen LogP contribution in [0.3, 0.4) is 0 Å². The van der Waals surface area contributed by atoms with Crippen molar-refractivity contribution in [2.75, 3.05) is 0 Å². The summed E-state index contributed by atoms with van der Waals surface area (Å²) in [7, 11) is -3.89. The van der Waals surface area contributed by atoms with E-state index in [2.05, 4.69) is 86.5 Å². The van der Waals surface area contributed by atoms with Gasteiger partial charge in [0.25, 0.3) is 0 Å². The maximum atomic E-state index is 11.9. The van der Waals surface area contributed by atoms with E-state index in [4.69, 9.17) is 13.6 Å². The maximum absolute atomic E-state index is 11.9. The van der Waals surface area contributed by atoms with Gasteiger partial charge in [-0.05, 0) is 79.4 Å². The summed E-state index contributed by atoms with van der Waals surface area (Å²) >= 11 is 0. The standard InChI is InChI=1S/C32H58O4Si2/c1-22-20-26-25(18-19-28(24-16-14-13-15-17-24)35-37(9,10)31(3,4)5)29(36-38(11,12)32(6,7)8)21-27(26)30(22)34-23(2)33/h18-19,24-30H,1,13-17,20-21H2,2-12H3/b19-18+/t25-,26+,27-,28+,29+,30?/m0/s1. The van der Waals surface area contributed by atoms with Crippen molar-refractivity contribution in [3.05, 3.63) is 24.3 Å². The maximum Gasteiger partial charge on any atom is 0.303 e. The van der Waals surface area contributed by atoms with Gasteiger partial charge in [-0.15, -0.1) is 0 Å². The fourth-order valence-electron chi connectivity index (χ4n) is 6.33. The van der Waals surface area contributed by atoms with E-state index in [1.165, 1.54) is 39.0 Å². The second-order valence-electron chi connectivity index (χ2n) is 15.6. The van der Waals surface area contributed by atoms with Gasteiger partial charge in [0.05, 0.1) is 12.2 Å². The van der Waals surface area contributed by atoms with Crippen molar-refractivity contribution < 1.29 is 18.4 Å². The molecule has 0 spiro atoms. The molecule has 0 aromatic carbocycles. The lowest BCUT2D eigenvalue weighted by atomic mass is 9.84. The van der Waals surface area contributed by atoms with Crippen LogP contribution in [0.1, 0.15) is 93.4 Å². The Morgan fingerprint density at radius 3 is 2.05 bits per heavy atom. The van der Waals surface area contributed by atoms with Crippen LogP contribution >= 0.6 is 0 Å². The van der Waals surface area contributed by atoms with E-state index in [0.717, 1.165) is 18.4 Å². The lowest BCUT2D eigenvalue weighted by Crippen LogP contribution is -2.46. The van der Waals surface area contributed by atoms with Crippen molar-refractivity contribution in [3.63, 3.8) is 0 Å². The van der Waals surface area contributed by atoms with Gasteiger partial charge < -0.3 is 13.6 Å². The molecule has 0 radical (unpaired) electrons. The zero-order valence-electron chi connectivity index (χ0n) is 26.5. The Labute approximate surface area is 236 Å². The second kappa shape index (κ2) is 11.7. The Hall–Kier alpha value is -0.696. The van der Waals surface area contributed by atoms with Gasteiger partial charge in [0.2, 0.25) is 0 Å². The molecule has 0 amide bonds. The van der Waals surface area contributed by atoms with Crippen LogP contribution in [0.25, 0.3) is 0 Å². The third kappa shape index (κ3) is 7.14. The van der Waals surface area contributed by atoms with Gasteiger partial charge in [-0.25, -0.2) is 0 Å². The largest absolute Gasteiger partial charge is 0.458 e. The van der Waals surface area contributed by atoms with Crippen LogP contribution in [0.15, 0.2) is 24.3 Å². The molecule has 4 nitrogen and oxygen atoms in total. The van der Waals surface area contributed by atoms with Crippen LogP contribution < -0.4 is 0 Å². The Morgan fingerprint density at radius 2 is 1.53 bits per heavy atom. The van der Waals surface area contributed by atoms with Gasteiger partial charge in [-0.2, -0.15) is 0 Å². The van der Waals surface area contributed by atoms with E-state index in [0.29, 0.717) is 17.8 Å². The van der Waals surface area contributed by atoms with Crippen molar-refractivity contribution in [3.8, 4) is 0 Å². The molecule has 6 heteroatoms. The summed E-state index contributed by atoms with van der Waals surface area (Å²) in [5.74, 6) is 1.36. The van der Waals surface area contributed by atoms with Crippen molar-refractivity contribution >= 4 is 22.6 Å². The fourth-order valence-corrected chi connectivity index (χ4v) is 9.00. The summed E-state index contributed by atoms with van der Waals surface area (Å²) in [6.45, 7) is 29.3. The van der Waals surface area contributed by atoms with Crippen LogP contribution in [0, 0.1) is 23.7 Å². The number of rotatable bonds is 8. The molecule has 3 rings (SSSR count). The molecule has 0 N–H and O–H groups in total. The first kappa shape index (κ1) is 31.8. The summed E-state index contributed by atoms with van der Waals surface area (Å²) in [6.07, 6.45) is 13.4. The monoisotopic (exact) mass is 562 g/mol. The molecule has 3 saturated carbocycles. The third-order valence-electron chi connectivity index (χ3n) is 10.7. The molecular weight excluding hydrogens is 505 g/mol. The normalized spacial score (nSPS) is 30.6. The highest BCUT2D eigenvalue weighted by Crippen LogP contribution is 2.54. The highest BCUT2D eigenvalue weighted by Gasteiger charge is 2.54. The highest BCUT2D eigenvalue weighted by molar-refractivity contribution is 6.74. The predicted octanol–water partition coefficient (Wildman–Crippen LogP) is 9.05. The van der Waals surface area contributed by atoms with Gasteiger partial charge in [0, 0.05) is 18.8 Å². The molecule has 0 aliphatic heterocycles. The average Bonchev–Trinajstić information content (AvgIpc) is 3.24. The van der Waals surface area contributed by atoms with Crippen LogP contribution in [0.5, 0.6) is 0 Å². The first-order valence-electron chi connectivity index (χ1n) is 15.2. The zero-order chi connectivity index (χ0) is 28.7. The van der Waals surface area contributed by atoms with Crippen molar-refractivity contribution in [2.45, 2.75) is 148 Å². The number of esters is 1. The van der Waals surface area contributed by atoms with Crippen LogP contribution in [0.4, 0.5) is 0 Å². The minimum Gasteiger partial charge on any atom is -0.458 e. The quantitative estimate of drug-likeness (QED) is 0.168. The number of hydrogen-bond donors (Lipinski definition) is 0. The summed E-state index contributed by atoms with van der Waals surface area (Å²) in [5, 5.41) is 0.328. The van der Waals surface area contributed by atoms with Crippen molar-refractivity contribution in [2.24, 2.45) is 23.7 Å². The third-order valence-corrected chi connectivity index (χ3v) is 19.7. The minimum absolute atomic E-state index is 0.146. The lowest BCUT2D eigenvalue weighted by molar-refractivity contribution is -0.146. The van der Waals surface area contributed by atoms with Crippen LogP contribution in [-0.4, -0.2) is 40.9 Å². The molecule has 3 aliphatic rings. The van der Waals surface area contributed by atoms with E-state index in [1.54, 1.807) is 0 Å². The smallest absolute Gasteiger partial charge is 0.303 e. The molecule has 3 aliphatic carbocycles. The van der Waals surface area contributed by atoms with E-state index in [1.807, 2.05) is 0 Å². The van der Waals surface area contributed by atoms with Gasteiger partial charge in [0.1, 0.15) is 6.10 Å². The molecule has 38 heavy (non-hydrogen) atoms. The molecular formula is C32H58O4Si2. The van der Waals surface area contributed by atoms with Crippen LogP contribution in [-0.2, 0) is 18.4 Å². The Kier molecular flexibility index (Phi) is 9.76. The van der Waals surface area contributed by atoms with Crippen LogP contribution in [0.2, 0.25) is 36.3 Å². The topological polar surface area (TPSA) is 44.8 Å². The number of fused-ring (bicyclic) bond motifs is 1. The number of carbonyl (C=O) groups is 1. The molecule has 0 bridgehead atoms. The van der Waals surface area contributed by atoms with Gasteiger partial charge in [-0.1, -0.05) is 79.5 Å². The first-order valence-corrected chi connectivity index (χ1v) is 21.0. The zero-order valence-corrected chi connectivity index (χ0v) is 28.5. The Bertz CT molecular complexity index is 873. The van der Waals surface area contributed by atoms with Gasteiger partial charge in [-0.3, -0.25) is 4.79 Å². The molecule has 0 saturated heterocycles. The second-order valence-corrected chi connectivity index (χ2v) is 25.1. The predicted molar refractivity (Wildman–Crippen MR) is 164 cm³/mol. The SMILES string of the molecule is C=C1C[C@@H]2[C@H](/C=C/[C@@H](O[Si](C)(C)C(C)(C)C)C3CCCCC3)[C@H](O[Si](C)(C)C(C)(C)C)C[C@@H]2C1OC(C)=O. The molecule has 0 heterocycles. The Balaban J connectivity index is 1.93. The van der Waals surface area contributed by atoms with Gasteiger partial charge >= 0.3 is 5.97 Å². The van der Waals surface area contributed by atoms with E-state index in [9.17, 15) is 4.79 Å². The van der Waals surface area contributed by atoms with E-state index >= 15 is 0 Å². The average molecular weight is 563 g/mol. The van der Waals surface area contributed by atoms with E-state index in [-0.39, 0.29) is 40.3 Å². The Morgan fingerprint density at radius 1 is 0.947 bits per heavy atom. The highest BCUT2D eigenvalue weighted by atomic mass is 28.4.